The molecule has 4 N–H and O–H groups in total. The number of benzene rings is 1. The van der Waals surface area contributed by atoms with E-state index in [4.69, 9.17) is 15.0 Å². The van der Waals surface area contributed by atoms with Crippen LogP contribution in [-0.4, -0.2) is 51.0 Å². The van der Waals surface area contributed by atoms with E-state index in [2.05, 4.69) is 44.4 Å². The van der Waals surface area contributed by atoms with Crippen LogP contribution >= 0.6 is 7.52 Å². The summed E-state index contributed by atoms with van der Waals surface area (Å²) in [5.41, 5.74) is 7.02. The van der Waals surface area contributed by atoms with Gasteiger partial charge in [-0.15, -0.1) is 0 Å². The Balaban J connectivity index is 1.29. The molecule has 0 bridgehead atoms. The fraction of sp³-hybridized carbons (Fsp3) is 0.600. The lowest BCUT2D eigenvalue weighted by Gasteiger charge is -2.23. The zero-order valence-electron chi connectivity index (χ0n) is 28.4. The van der Waals surface area contributed by atoms with Crippen molar-refractivity contribution in [2.24, 2.45) is 0 Å². The molecule has 0 aliphatic heterocycles. The number of para-hydroxylation sites is 1. The number of fused-ring (bicyclic) bond motifs is 1. The fourth-order valence-corrected chi connectivity index (χ4v) is 6.79. The molecule has 0 saturated heterocycles. The van der Waals surface area contributed by atoms with Crippen LogP contribution in [0.2, 0.25) is 0 Å². The molecule has 1 unspecified atom stereocenters. The van der Waals surface area contributed by atoms with Crippen molar-refractivity contribution in [1.82, 2.24) is 29.9 Å². The molecule has 0 saturated carbocycles. The van der Waals surface area contributed by atoms with E-state index >= 15 is 0 Å². The van der Waals surface area contributed by atoms with Crippen LogP contribution in [-0.2, 0) is 20.6 Å². The normalized spacial score (nSPS) is 13.6. The maximum atomic E-state index is 13.8. The first kappa shape index (κ1) is 38.2. The average Bonchev–Trinajstić information content (AvgIpc) is 3.48. The first-order chi connectivity index (χ1) is 22.9. The van der Waals surface area contributed by atoms with E-state index in [-0.39, 0.29) is 24.9 Å². The quantitative estimate of drug-likeness (QED) is 0.0443. The summed E-state index contributed by atoms with van der Waals surface area (Å²) < 4.78 is 27.5. The van der Waals surface area contributed by atoms with Gasteiger partial charge >= 0.3 is 7.52 Å². The zero-order chi connectivity index (χ0) is 33.6. The van der Waals surface area contributed by atoms with Gasteiger partial charge in [0, 0.05) is 19.5 Å². The predicted octanol–water partition coefficient (Wildman–Crippen LogP) is 7.79. The van der Waals surface area contributed by atoms with Crippen LogP contribution in [0.4, 0.5) is 5.82 Å². The SMILES string of the molecule is CCCCCCCC/C=C\CCCCCCCC(=O)NCCNP(=O)(CO[C@H](C)Cn1cnc2c(N)ncnc21)Oc1ccccc1. The average molecular weight is 670 g/mol. The molecule has 2 aromatic heterocycles. The van der Waals surface area contributed by atoms with E-state index in [0.717, 1.165) is 25.7 Å². The summed E-state index contributed by atoms with van der Waals surface area (Å²) in [5.74, 6) is 0.790. The van der Waals surface area contributed by atoms with Crippen molar-refractivity contribution in [3.8, 4) is 5.75 Å². The molecule has 12 heteroatoms. The molecule has 3 rings (SSSR count). The molecule has 3 aromatic rings. The first-order valence-corrected chi connectivity index (χ1v) is 19.2. The highest BCUT2D eigenvalue weighted by molar-refractivity contribution is 7.57. The Morgan fingerprint density at radius 1 is 0.936 bits per heavy atom. The second kappa shape index (κ2) is 22.3. The van der Waals surface area contributed by atoms with Crippen LogP contribution in [0.3, 0.4) is 0 Å². The Bertz CT molecular complexity index is 1370. The van der Waals surface area contributed by atoms with Gasteiger partial charge in [0.1, 0.15) is 23.9 Å². The second-order valence-electron chi connectivity index (χ2n) is 12.1. The van der Waals surface area contributed by atoms with Gasteiger partial charge < -0.3 is 24.9 Å². The van der Waals surface area contributed by atoms with E-state index < -0.39 is 7.52 Å². The van der Waals surface area contributed by atoms with Gasteiger partial charge in [-0.25, -0.2) is 20.0 Å². The minimum absolute atomic E-state index is 0.00474. The van der Waals surface area contributed by atoms with Gasteiger partial charge in [-0.1, -0.05) is 88.6 Å². The molecule has 11 nitrogen and oxygen atoms in total. The summed E-state index contributed by atoms with van der Waals surface area (Å²) >= 11 is 0. The predicted molar refractivity (Wildman–Crippen MR) is 190 cm³/mol. The number of hydrogen-bond donors (Lipinski definition) is 3. The summed E-state index contributed by atoms with van der Waals surface area (Å²) in [6.45, 7) is 5.17. The number of nitrogen functional groups attached to an aromatic ring is 1. The lowest BCUT2D eigenvalue weighted by Crippen LogP contribution is -2.32. The molecule has 1 aromatic carbocycles. The highest BCUT2D eigenvalue weighted by Crippen LogP contribution is 2.43. The standard InChI is InChI=1S/C35H56N7O4P/c1-3-4-5-6-7-8-9-10-11-12-13-14-15-16-20-23-32(43)37-24-25-41-47(44,46-31-21-18-17-19-22-31)29-45-30(2)26-42-28-40-33-34(36)38-27-39-35(33)42/h10-11,17-19,21-22,27-28,30H,3-9,12-16,20,23-26,29H2,1-2H3,(H,37,43)(H,41,44)(H2,36,38,39)/b11-10-/t30-,47?/m1/s1. The minimum Gasteiger partial charge on any atom is -0.431 e. The molecule has 2 atom stereocenters. The van der Waals surface area contributed by atoms with Gasteiger partial charge in [0.25, 0.3) is 0 Å². The van der Waals surface area contributed by atoms with E-state index in [0.29, 0.717) is 42.2 Å². The number of aromatic nitrogens is 4. The Labute approximate surface area is 281 Å². The molecular weight excluding hydrogens is 613 g/mol. The second-order valence-corrected chi connectivity index (χ2v) is 14.2. The summed E-state index contributed by atoms with van der Waals surface area (Å²) in [6, 6.07) is 8.98. The van der Waals surface area contributed by atoms with Crippen molar-refractivity contribution in [3.05, 3.63) is 55.1 Å². The number of rotatable bonds is 26. The number of imidazole rings is 1. The molecule has 0 fully saturated rings. The first-order valence-electron chi connectivity index (χ1n) is 17.4. The van der Waals surface area contributed by atoms with Gasteiger partial charge in [-0.05, 0) is 51.2 Å². The number of carbonyl (C=O) groups is 1. The number of nitrogens with one attached hydrogen (secondary N) is 2. The minimum atomic E-state index is -3.45. The smallest absolute Gasteiger partial charge is 0.341 e. The summed E-state index contributed by atoms with van der Waals surface area (Å²) in [4.78, 5) is 24.9. The van der Waals surface area contributed by atoms with E-state index in [1.54, 1.807) is 18.5 Å². The van der Waals surface area contributed by atoms with Crippen molar-refractivity contribution in [2.45, 2.75) is 116 Å². The molecular formula is C35H56N7O4P. The number of allylic oxidation sites excluding steroid dienone is 2. The van der Waals surface area contributed by atoms with Crippen molar-refractivity contribution < 1.29 is 18.6 Å². The highest BCUT2D eigenvalue weighted by atomic mass is 31.2. The van der Waals surface area contributed by atoms with E-state index in [1.807, 2.05) is 29.7 Å². The van der Waals surface area contributed by atoms with Crippen LogP contribution in [0.15, 0.2) is 55.1 Å². The number of nitrogens with zero attached hydrogens (tertiary/aromatic N) is 4. The third-order valence-corrected chi connectivity index (χ3v) is 9.57. The molecule has 2 heterocycles. The van der Waals surface area contributed by atoms with Gasteiger partial charge in [0.15, 0.2) is 11.5 Å². The van der Waals surface area contributed by atoms with Gasteiger partial charge in [0.05, 0.1) is 19.0 Å². The lowest BCUT2D eigenvalue weighted by atomic mass is 10.1. The third kappa shape index (κ3) is 15.5. The van der Waals surface area contributed by atoms with Gasteiger partial charge in [0.2, 0.25) is 5.91 Å². The Hall–Kier alpha value is -3.27. The number of anilines is 1. The van der Waals surface area contributed by atoms with Gasteiger partial charge in [-0.3, -0.25) is 9.36 Å². The summed E-state index contributed by atoms with van der Waals surface area (Å²) in [6.07, 6.45) is 23.7. The zero-order valence-corrected chi connectivity index (χ0v) is 29.3. The fourth-order valence-electron chi connectivity index (χ4n) is 5.22. The number of amides is 1. The molecule has 0 spiro atoms. The molecule has 47 heavy (non-hydrogen) atoms. The maximum absolute atomic E-state index is 13.8. The van der Waals surface area contributed by atoms with E-state index in [9.17, 15) is 9.36 Å². The monoisotopic (exact) mass is 669 g/mol. The number of hydrogen-bond acceptors (Lipinski definition) is 8. The van der Waals surface area contributed by atoms with Crippen molar-refractivity contribution >= 4 is 30.4 Å². The number of nitrogens with two attached hydrogens (primary N) is 1. The largest absolute Gasteiger partial charge is 0.431 e. The van der Waals surface area contributed by atoms with Crippen molar-refractivity contribution in [3.63, 3.8) is 0 Å². The van der Waals surface area contributed by atoms with Crippen LogP contribution in [0.1, 0.15) is 104 Å². The van der Waals surface area contributed by atoms with Gasteiger partial charge in [-0.2, -0.15) is 0 Å². The Morgan fingerprint density at radius 2 is 1.62 bits per heavy atom. The summed E-state index contributed by atoms with van der Waals surface area (Å²) in [7, 11) is -3.45. The Kier molecular flexibility index (Phi) is 18.1. The van der Waals surface area contributed by atoms with Crippen LogP contribution in [0.25, 0.3) is 11.2 Å². The molecule has 1 amide bonds. The topological polar surface area (TPSA) is 146 Å². The molecule has 0 radical (unpaired) electrons. The van der Waals surface area contributed by atoms with Crippen molar-refractivity contribution in [2.75, 3.05) is 25.2 Å². The van der Waals surface area contributed by atoms with E-state index in [1.165, 1.54) is 64.1 Å². The summed E-state index contributed by atoms with van der Waals surface area (Å²) in [5, 5.41) is 5.93. The van der Waals surface area contributed by atoms with Crippen LogP contribution < -0.4 is 20.7 Å². The number of carbonyl (C=O) groups excluding carboxylic acids is 1. The lowest BCUT2D eigenvalue weighted by molar-refractivity contribution is -0.121. The maximum Gasteiger partial charge on any atom is 0.341 e. The molecule has 0 aliphatic carbocycles. The van der Waals surface area contributed by atoms with Crippen LogP contribution in [0, 0.1) is 0 Å². The number of unbranched alkanes of at least 4 members (excludes halogenated alkanes) is 11. The van der Waals surface area contributed by atoms with Crippen LogP contribution in [0.5, 0.6) is 5.75 Å². The van der Waals surface area contributed by atoms with Crippen molar-refractivity contribution in [1.29, 1.82) is 0 Å². The number of ether oxygens (including phenoxy) is 1. The Morgan fingerprint density at radius 3 is 2.34 bits per heavy atom. The molecule has 260 valence electrons. The third-order valence-electron chi connectivity index (χ3n) is 7.87. The highest BCUT2D eigenvalue weighted by Gasteiger charge is 2.26. The molecule has 0 aliphatic rings.